The first-order valence-electron chi connectivity index (χ1n) is 8.78. The van der Waals surface area contributed by atoms with Gasteiger partial charge in [-0.3, -0.25) is 4.79 Å². The molecule has 0 fully saturated rings. The first kappa shape index (κ1) is 19.2. The van der Waals surface area contributed by atoms with Crippen LogP contribution in [0.15, 0.2) is 54.7 Å². The van der Waals surface area contributed by atoms with Gasteiger partial charge >= 0.3 is 11.9 Å². The minimum atomic E-state index is -0.584. The van der Waals surface area contributed by atoms with E-state index in [1.165, 1.54) is 0 Å². The molecule has 0 atom stereocenters. The molecule has 0 aliphatic heterocycles. The zero-order valence-electron chi connectivity index (χ0n) is 15.5. The van der Waals surface area contributed by atoms with Crippen molar-refractivity contribution in [3.63, 3.8) is 0 Å². The van der Waals surface area contributed by atoms with Crippen molar-refractivity contribution in [1.82, 2.24) is 4.98 Å². The Kier molecular flexibility index (Phi) is 5.74. The van der Waals surface area contributed by atoms with Crippen LogP contribution in [0.1, 0.15) is 34.6 Å². The summed E-state index contributed by atoms with van der Waals surface area (Å²) in [5.41, 5.74) is 2.05. The fourth-order valence-corrected chi connectivity index (χ4v) is 2.62. The number of amides is 1. The molecule has 3 aromatic rings. The summed E-state index contributed by atoms with van der Waals surface area (Å²) < 4.78 is 10.2. The fourth-order valence-electron chi connectivity index (χ4n) is 2.62. The number of esters is 2. The summed E-state index contributed by atoms with van der Waals surface area (Å²) in [6.45, 7) is 3.11. The molecule has 2 N–H and O–H groups in total. The predicted molar refractivity (Wildman–Crippen MR) is 104 cm³/mol. The smallest absolute Gasteiger partial charge is 0.340 e. The van der Waals surface area contributed by atoms with Gasteiger partial charge in [-0.1, -0.05) is 18.2 Å². The van der Waals surface area contributed by atoms with Gasteiger partial charge in [0.15, 0.2) is 6.61 Å². The van der Waals surface area contributed by atoms with Crippen molar-refractivity contribution in [3.8, 4) is 0 Å². The number of benzene rings is 2. The standard InChI is InChI=1S/C21H20N2O5/c1-13(2)28-20(25)14-7-9-15(10-8-14)23-19(24)12-27-21(26)17-11-22-18-6-4-3-5-16(17)18/h3-11,13,22H,12H2,1-2H3,(H,23,24). The van der Waals surface area contributed by atoms with Crippen molar-refractivity contribution in [2.24, 2.45) is 0 Å². The summed E-state index contributed by atoms with van der Waals surface area (Å²) in [4.78, 5) is 39.0. The van der Waals surface area contributed by atoms with Crippen LogP contribution in [-0.2, 0) is 14.3 Å². The van der Waals surface area contributed by atoms with Gasteiger partial charge in [0.1, 0.15) is 0 Å². The molecular weight excluding hydrogens is 360 g/mol. The lowest BCUT2D eigenvalue weighted by atomic mass is 10.2. The molecule has 28 heavy (non-hydrogen) atoms. The van der Waals surface area contributed by atoms with Gasteiger partial charge in [-0.25, -0.2) is 9.59 Å². The second kappa shape index (κ2) is 8.39. The van der Waals surface area contributed by atoms with Gasteiger partial charge in [0.25, 0.3) is 5.91 Å². The predicted octanol–water partition coefficient (Wildman–Crippen LogP) is 3.53. The van der Waals surface area contributed by atoms with Crippen LogP contribution in [0.4, 0.5) is 5.69 Å². The van der Waals surface area contributed by atoms with Gasteiger partial charge in [0.05, 0.1) is 17.2 Å². The van der Waals surface area contributed by atoms with Crippen LogP contribution >= 0.6 is 0 Å². The Bertz CT molecular complexity index is 1010. The number of fused-ring (bicyclic) bond motifs is 1. The number of H-pyrrole nitrogens is 1. The summed E-state index contributed by atoms with van der Waals surface area (Å²) in [6.07, 6.45) is 1.35. The Morgan fingerprint density at radius 1 is 1.00 bits per heavy atom. The largest absolute Gasteiger partial charge is 0.459 e. The lowest BCUT2D eigenvalue weighted by Crippen LogP contribution is -2.21. The lowest BCUT2D eigenvalue weighted by molar-refractivity contribution is -0.119. The second-order valence-electron chi connectivity index (χ2n) is 6.40. The maximum absolute atomic E-state index is 12.2. The molecule has 0 spiro atoms. The molecule has 1 heterocycles. The molecule has 0 aliphatic rings. The molecule has 0 unspecified atom stereocenters. The number of para-hydroxylation sites is 1. The third-order valence-corrected chi connectivity index (χ3v) is 3.89. The van der Waals surface area contributed by atoms with E-state index in [9.17, 15) is 14.4 Å². The molecular formula is C21H20N2O5. The van der Waals surface area contributed by atoms with Crippen LogP contribution in [0.3, 0.4) is 0 Å². The molecule has 0 aliphatic carbocycles. The van der Waals surface area contributed by atoms with E-state index in [0.717, 1.165) is 10.9 Å². The number of hydrogen-bond donors (Lipinski definition) is 2. The number of aromatic amines is 1. The van der Waals surface area contributed by atoms with Crippen molar-refractivity contribution in [2.45, 2.75) is 20.0 Å². The van der Waals surface area contributed by atoms with Crippen LogP contribution in [0.25, 0.3) is 10.9 Å². The molecule has 3 rings (SSSR count). The van der Waals surface area contributed by atoms with Crippen LogP contribution in [-0.4, -0.2) is 35.5 Å². The van der Waals surface area contributed by atoms with E-state index in [1.807, 2.05) is 18.2 Å². The van der Waals surface area contributed by atoms with Crippen LogP contribution in [0, 0.1) is 0 Å². The van der Waals surface area contributed by atoms with Gasteiger partial charge in [0.2, 0.25) is 0 Å². The summed E-state index contributed by atoms with van der Waals surface area (Å²) in [6, 6.07) is 13.6. The molecule has 7 nitrogen and oxygen atoms in total. The van der Waals surface area contributed by atoms with E-state index >= 15 is 0 Å². The van der Waals surface area contributed by atoms with Crippen molar-refractivity contribution in [1.29, 1.82) is 0 Å². The second-order valence-corrected chi connectivity index (χ2v) is 6.40. The van der Waals surface area contributed by atoms with E-state index in [4.69, 9.17) is 9.47 Å². The molecule has 0 saturated carbocycles. The number of carbonyl (C=O) groups is 3. The molecule has 1 amide bonds. The third kappa shape index (κ3) is 4.56. The van der Waals surface area contributed by atoms with Gasteiger partial charge in [-0.05, 0) is 44.2 Å². The highest BCUT2D eigenvalue weighted by molar-refractivity contribution is 6.05. The van der Waals surface area contributed by atoms with Crippen molar-refractivity contribution in [3.05, 3.63) is 65.9 Å². The topological polar surface area (TPSA) is 97.5 Å². The van der Waals surface area contributed by atoms with E-state index in [-0.39, 0.29) is 6.10 Å². The van der Waals surface area contributed by atoms with Gasteiger partial charge in [-0.15, -0.1) is 0 Å². The van der Waals surface area contributed by atoms with Crippen LogP contribution in [0.5, 0.6) is 0 Å². The van der Waals surface area contributed by atoms with E-state index in [0.29, 0.717) is 16.8 Å². The number of rotatable bonds is 6. The highest BCUT2D eigenvalue weighted by Gasteiger charge is 2.15. The highest BCUT2D eigenvalue weighted by Crippen LogP contribution is 2.18. The maximum Gasteiger partial charge on any atom is 0.340 e. The molecule has 2 aromatic carbocycles. The first-order valence-corrected chi connectivity index (χ1v) is 8.78. The van der Waals surface area contributed by atoms with Gasteiger partial charge in [0, 0.05) is 22.8 Å². The minimum absolute atomic E-state index is 0.210. The summed E-state index contributed by atoms with van der Waals surface area (Å²) in [5, 5.41) is 3.34. The molecule has 0 radical (unpaired) electrons. The Morgan fingerprint density at radius 2 is 1.71 bits per heavy atom. The quantitative estimate of drug-likeness (QED) is 0.638. The SMILES string of the molecule is CC(C)OC(=O)c1ccc(NC(=O)COC(=O)c2c[nH]c3ccccc23)cc1. The molecule has 0 bridgehead atoms. The van der Waals surface area contributed by atoms with Crippen LogP contribution in [0.2, 0.25) is 0 Å². The fraction of sp³-hybridized carbons (Fsp3) is 0.190. The normalized spacial score (nSPS) is 10.7. The minimum Gasteiger partial charge on any atom is -0.459 e. The summed E-state index contributed by atoms with van der Waals surface area (Å²) in [7, 11) is 0. The van der Waals surface area contributed by atoms with Crippen molar-refractivity contribution >= 4 is 34.4 Å². The summed E-state index contributed by atoms with van der Waals surface area (Å²) >= 11 is 0. The number of hydrogen-bond acceptors (Lipinski definition) is 5. The Hall–Kier alpha value is -3.61. The highest BCUT2D eigenvalue weighted by atomic mass is 16.5. The van der Waals surface area contributed by atoms with Crippen molar-refractivity contribution < 1.29 is 23.9 Å². The third-order valence-electron chi connectivity index (χ3n) is 3.89. The first-order chi connectivity index (χ1) is 13.4. The maximum atomic E-state index is 12.2. The lowest BCUT2D eigenvalue weighted by Gasteiger charge is -2.09. The van der Waals surface area contributed by atoms with E-state index in [2.05, 4.69) is 10.3 Å². The molecule has 7 heteroatoms. The number of ether oxygens (including phenoxy) is 2. The number of carbonyl (C=O) groups excluding carboxylic acids is 3. The van der Waals surface area contributed by atoms with Crippen molar-refractivity contribution in [2.75, 3.05) is 11.9 Å². The summed E-state index contributed by atoms with van der Waals surface area (Å²) in [5.74, 6) is -1.49. The molecule has 0 saturated heterocycles. The number of nitrogens with one attached hydrogen (secondary N) is 2. The monoisotopic (exact) mass is 380 g/mol. The zero-order chi connectivity index (χ0) is 20.1. The zero-order valence-corrected chi connectivity index (χ0v) is 15.5. The molecule has 144 valence electrons. The van der Waals surface area contributed by atoms with Gasteiger partial charge < -0.3 is 19.8 Å². The Morgan fingerprint density at radius 3 is 2.43 bits per heavy atom. The van der Waals surface area contributed by atoms with E-state index < -0.39 is 24.5 Å². The number of aromatic nitrogens is 1. The Labute approximate surface area is 161 Å². The van der Waals surface area contributed by atoms with E-state index in [1.54, 1.807) is 50.4 Å². The average molecular weight is 380 g/mol. The molecule has 1 aromatic heterocycles. The average Bonchev–Trinajstić information content (AvgIpc) is 3.10. The van der Waals surface area contributed by atoms with Gasteiger partial charge in [-0.2, -0.15) is 0 Å². The van der Waals surface area contributed by atoms with Crippen LogP contribution < -0.4 is 5.32 Å². The Balaban J connectivity index is 1.54. The number of anilines is 1.